The van der Waals surface area contributed by atoms with E-state index in [1.165, 1.54) is 17.0 Å². The van der Waals surface area contributed by atoms with Crippen LogP contribution in [0.3, 0.4) is 0 Å². The number of halogens is 4. The SMILES string of the molecule is O=C(c1ccc(Cl)cc1Cl)N1CCN(S(=O)(=O)c2ccc(F)cc2F)CC1. The molecule has 2 aromatic rings. The summed E-state index contributed by atoms with van der Waals surface area (Å²) < 4.78 is 53.1. The van der Waals surface area contributed by atoms with Crippen LogP contribution in [0.2, 0.25) is 10.0 Å². The first-order chi connectivity index (χ1) is 12.7. The van der Waals surface area contributed by atoms with Gasteiger partial charge in [-0.25, -0.2) is 17.2 Å². The average Bonchev–Trinajstić information content (AvgIpc) is 2.61. The molecule has 0 bridgehead atoms. The highest BCUT2D eigenvalue weighted by Crippen LogP contribution is 2.25. The van der Waals surface area contributed by atoms with Crippen molar-refractivity contribution in [3.8, 4) is 0 Å². The number of hydrogen-bond acceptors (Lipinski definition) is 3. The average molecular weight is 435 g/mol. The standard InChI is InChI=1S/C17H14Cl2F2N2O3S/c18-11-1-3-13(14(19)9-11)17(24)22-5-7-23(8-6-22)27(25,26)16-4-2-12(20)10-15(16)21/h1-4,9-10H,5-8H2. The summed E-state index contributed by atoms with van der Waals surface area (Å²) in [7, 11) is -4.13. The van der Waals surface area contributed by atoms with Gasteiger partial charge in [-0.2, -0.15) is 4.31 Å². The molecule has 0 aliphatic carbocycles. The van der Waals surface area contributed by atoms with E-state index in [9.17, 15) is 22.0 Å². The topological polar surface area (TPSA) is 57.7 Å². The van der Waals surface area contributed by atoms with Crippen molar-refractivity contribution in [1.82, 2.24) is 9.21 Å². The highest BCUT2D eigenvalue weighted by atomic mass is 35.5. The molecule has 27 heavy (non-hydrogen) atoms. The molecule has 0 N–H and O–H groups in total. The quantitative estimate of drug-likeness (QED) is 0.743. The monoisotopic (exact) mass is 434 g/mol. The van der Waals surface area contributed by atoms with Gasteiger partial charge in [0.2, 0.25) is 10.0 Å². The Hall–Kier alpha value is -1.74. The summed E-state index contributed by atoms with van der Waals surface area (Å²) in [5, 5.41) is 0.602. The molecule has 1 fully saturated rings. The Kier molecular flexibility index (Phi) is 5.71. The first kappa shape index (κ1) is 20.0. The number of carbonyl (C=O) groups is 1. The van der Waals surface area contributed by atoms with Gasteiger partial charge in [-0.15, -0.1) is 0 Å². The van der Waals surface area contributed by atoms with Crippen LogP contribution in [0, 0.1) is 11.6 Å². The molecule has 0 aromatic heterocycles. The highest BCUT2D eigenvalue weighted by Gasteiger charge is 2.32. The van der Waals surface area contributed by atoms with Gasteiger partial charge in [0.05, 0.1) is 10.6 Å². The summed E-state index contributed by atoms with van der Waals surface area (Å²) >= 11 is 11.9. The molecule has 1 aliphatic heterocycles. The van der Waals surface area contributed by atoms with Crippen molar-refractivity contribution in [3.05, 3.63) is 63.6 Å². The van der Waals surface area contributed by atoms with E-state index in [-0.39, 0.29) is 42.7 Å². The fourth-order valence-electron chi connectivity index (χ4n) is 2.79. The maximum absolute atomic E-state index is 13.9. The van der Waals surface area contributed by atoms with Crippen molar-refractivity contribution in [3.63, 3.8) is 0 Å². The number of rotatable bonds is 3. The Morgan fingerprint density at radius 1 is 0.963 bits per heavy atom. The molecule has 1 heterocycles. The minimum atomic E-state index is -4.13. The second-order valence-electron chi connectivity index (χ2n) is 5.90. The first-order valence-corrected chi connectivity index (χ1v) is 10.1. The number of hydrogen-bond donors (Lipinski definition) is 0. The molecule has 0 spiro atoms. The Bertz CT molecular complexity index is 994. The minimum Gasteiger partial charge on any atom is -0.336 e. The number of benzene rings is 2. The van der Waals surface area contributed by atoms with Crippen LogP contribution in [0.1, 0.15) is 10.4 Å². The predicted octanol–water partition coefficient (Wildman–Crippen LogP) is 3.42. The molecule has 2 aromatic carbocycles. The lowest BCUT2D eigenvalue weighted by atomic mass is 10.2. The summed E-state index contributed by atoms with van der Waals surface area (Å²) in [6, 6.07) is 6.80. The fourth-order valence-corrected chi connectivity index (χ4v) is 4.75. The second kappa shape index (κ2) is 7.71. The normalized spacial score (nSPS) is 15.8. The van der Waals surface area contributed by atoms with Gasteiger partial charge in [-0.05, 0) is 30.3 Å². The first-order valence-electron chi connectivity index (χ1n) is 7.89. The van der Waals surface area contributed by atoms with Crippen molar-refractivity contribution < 1.29 is 22.0 Å². The molecule has 1 aliphatic rings. The zero-order chi connectivity index (χ0) is 19.8. The minimum absolute atomic E-state index is 0.0178. The van der Waals surface area contributed by atoms with E-state index in [0.717, 1.165) is 16.4 Å². The van der Waals surface area contributed by atoms with E-state index >= 15 is 0 Å². The maximum atomic E-state index is 13.9. The summed E-state index contributed by atoms with van der Waals surface area (Å²) in [4.78, 5) is 13.4. The van der Waals surface area contributed by atoms with Crippen molar-refractivity contribution in [2.45, 2.75) is 4.90 Å². The van der Waals surface area contributed by atoms with Gasteiger partial charge in [0.1, 0.15) is 16.5 Å². The van der Waals surface area contributed by atoms with E-state index in [1.54, 1.807) is 6.07 Å². The van der Waals surface area contributed by atoms with Crippen LogP contribution in [0.25, 0.3) is 0 Å². The highest BCUT2D eigenvalue weighted by molar-refractivity contribution is 7.89. The lowest BCUT2D eigenvalue weighted by Crippen LogP contribution is -2.50. The summed E-state index contributed by atoms with van der Waals surface area (Å²) in [6.07, 6.45) is 0. The van der Waals surface area contributed by atoms with E-state index in [2.05, 4.69) is 0 Å². The van der Waals surface area contributed by atoms with E-state index in [4.69, 9.17) is 23.2 Å². The van der Waals surface area contributed by atoms with Crippen molar-refractivity contribution >= 4 is 39.1 Å². The van der Waals surface area contributed by atoms with Gasteiger partial charge < -0.3 is 4.90 Å². The van der Waals surface area contributed by atoms with Gasteiger partial charge in [0.15, 0.2) is 0 Å². The van der Waals surface area contributed by atoms with Crippen LogP contribution >= 0.6 is 23.2 Å². The lowest BCUT2D eigenvalue weighted by molar-refractivity contribution is 0.0698. The molecule has 0 radical (unpaired) electrons. The van der Waals surface area contributed by atoms with Crippen LogP contribution < -0.4 is 0 Å². The third kappa shape index (κ3) is 4.08. The largest absolute Gasteiger partial charge is 0.336 e. The Labute approximate surface area is 165 Å². The molecule has 0 atom stereocenters. The maximum Gasteiger partial charge on any atom is 0.255 e. The van der Waals surface area contributed by atoms with Crippen LogP contribution in [-0.4, -0.2) is 49.7 Å². The molecule has 10 heteroatoms. The number of sulfonamides is 1. The van der Waals surface area contributed by atoms with Crippen LogP contribution in [0.4, 0.5) is 8.78 Å². The molecule has 1 saturated heterocycles. The van der Waals surface area contributed by atoms with Gasteiger partial charge in [0.25, 0.3) is 5.91 Å². The van der Waals surface area contributed by atoms with Crippen molar-refractivity contribution in [2.75, 3.05) is 26.2 Å². The van der Waals surface area contributed by atoms with Crippen LogP contribution in [-0.2, 0) is 10.0 Å². The third-order valence-electron chi connectivity index (χ3n) is 4.20. The fraction of sp³-hybridized carbons (Fsp3) is 0.235. The molecule has 1 amide bonds. The number of nitrogens with zero attached hydrogens (tertiary/aromatic N) is 2. The number of amides is 1. The summed E-state index contributed by atoms with van der Waals surface area (Å²) in [6.45, 7) is 0.186. The number of carbonyl (C=O) groups excluding carboxylic acids is 1. The smallest absolute Gasteiger partial charge is 0.255 e. The lowest BCUT2D eigenvalue weighted by Gasteiger charge is -2.34. The van der Waals surface area contributed by atoms with Crippen molar-refractivity contribution in [1.29, 1.82) is 0 Å². The second-order valence-corrected chi connectivity index (χ2v) is 8.65. The molecular formula is C17H14Cl2F2N2O3S. The summed E-state index contributed by atoms with van der Waals surface area (Å²) in [5.41, 5.74) is 0.266. The predicted molar refractivity (Wildman–Crippen MR) is 97.5 cm³/mol. The van der Waals surface area contributed by atoms with Gasteiger partial charge in [-0.1, -0.05) is 23.2 Å². The number of piperazine rings is 1. The van der Waals surface area contributed by atoms with Gasteiger partial charge in [0, 0.05) is 37.3 Å². The van der Waals surface area contributed by atoms with E-state index in [1.807, 2.05) is 0 Å². The molecular weight excluding hydrogens is 421 g/mol. The zero-order valence-electron chi connectivity index (χ0n) is 13.8. The third-order valence-corrected chi connectivity index (χ3v) is 6.68. The molecule has 3 rings (SSSR count). The molecule has 0 saturated carbocycles. The molecule has 144 valence electrons. The van der Waals surface area contributed by atoms with Gasteiger partial charge >= 0.3 is 0 Å². The van der Waals surface area contributed by atoms with Crippen LogP contribution in [0.15, 0.2) is 41.3 Å². The zero-order valence-corrected chi connectivity index (χ0v) is 16.2. The van der Waals surface area contributed by atoms with Crippen LogP contribution in [0.5, 0.6) is 0 Å². The summed E-state index contributed by atoms with van der Waals surface area (Å²) in [5.74, 6) is -2.36. The Balaban J connectivity index is 1.74. The molecule has 5 nitrogen and oxygen atoms in total. The van der Waals surface area contributed by atoms with Gasteiger partial charge in [-0.3, -0.25) is 4.79 Å². The van der Waals surface area contributed by atoms with E-state index in [0.29, 0.717) is 11.1 Å². The Morgan fingerprint density at radius 2 is 1.63 bits per heavy atom. The Morgan fingerprint density at radius 3 is 2.22 bits per heavy atom. The van der Waals surface area contributed by atoms with E-state index < -0.39 is 26.6 Å². The van der Waals surface area contributed by atoms with Crippen molar-refractivity contribution in [2.24, 2.45) is 0 Å². The molecule has 0 unspecified atom stereocenters.